The summed E-state index contributed by atoms with van der Waals surface area (Å²) in [5.74, 6) is 2.07. The number of nitrogens with one attached hydrogen (secondary N) is 1. The number of benzene rings is 2. The van der Waals surface area contributed by atoms with Gasteiger partial charge in [0.25, 0.3) is 0 Å². The Balaban J connectivity index is 1.95. The Hall–Kier alpha value is -3.08. The van der Waals surface area contributed by atoms with Crippen LogP contribution in [-0.2, 0) is 0 Å². The lowest BCUT2D eigenvalue weighted by atomic mass is 10.1. The molecule has 0 aliphatic heterocycles. The zero-order chi connectivity index (χ0) is 17.8. The van der Waals surface area contributed by atoms with Gasteiger partial charge in [0.1, 0.15) is 11.5 Å². The maximum absolute atomic E-state index is 5.45. The van der Waals surface area contributed by atoms with Crippen LogP contribution in [0.5, 0.6) is 11.5 Å². The Labute approximate surface area is 147 Å². The van der Waals surface area contributed by atoms with Crippen LogP contribution >= 0.6 is 0 Å². The first-order chi connectivity index (χ1) is 12.1. The molecule has 3 rings (SSSR count). The first kappa shape index (κ1) is 16.8. The topological polar surface area (TPSA) is 56.3 Å². The lowest BCUT2D eigenvalue weighted by Crippen LogP contribution is -1.99. The van der Waals surface area contributed by atoms with Crippen molar-refractivity contribution in [3.8, 4) is 22.8 Å². The van der Waals surface area contributed by atoms with Crippen molar-refractivity contribution in [2.24, 2.45) is 0 Å². The molecule has 0 fully saturated rings. The third kappa shape index (κ3) is 3.71. The summed E-state index contributed by atoms with van der Waals surface area (Å²) < 4.78 is 10.9. The predicted octanol–water partition coefficient (Wildman–Crippen LogP) is 4.52. The average Bonchev–Trinajstić information content (AvgIpc) is 2.64. The van der Waals surface area contributed by atoms with E-state index in [-0.39, 0.29) is 0 Å². The van der Waals surface area contributed by atoms with E-state index in [0.717, 1.165) is 34.0 Å². The van der Waals surface area contributed by atoms with Gasteiger partial charge >= 0.3 is 0 Å². The van der Waals surface area contributed by atoms with E-state index in [0.29, 0.717) is 5.95 Å². The van der Waals surface area contributed by atoms with Gasteiger partial charge < -0.3 is 14.8 Å². The standard InChI is InChI=1S/C20H21N3O2/c1-13-5-7-16(8-6-13)22-20-21-10-9-17(23-20)15-11-18(24-3)14(2)19(12-15)25-4/h5-12H,1-4H3,(H,21,22,23). The molecule has 5 nitrogen and oxygen atoms in total. The van der Waals surface area contributed by atoms with Gasteiger partial charge in [-0.2, -0.15) is 0 Å². The molecule has 0 aliphatic carbocycles. The molecule has 1 heterocycles. The summed E-state index contributed by atoms with van der Waals surface area (Å²) in [7, 11) is 3.30. The van der Waals surface area contributed by atoms with Crippen LogP contribution in [0, 0.1) is 13.8 Å². The minimum Gasteiger partial charge on any atom is -0.496 e. The number of ether oxygens (including phenoxy) is 2. The SMILES string of the molecule is COc1cc(-c2ccnc(Nc3ccc(C)cc3)n2)cc(OC)c1C. The van der Waals surface area contributed by atoms with Crippen molar-refractivity contribution in [2.45, 2.75) is 13.8 Å². The highest BCUT2D eigenvalue weighted by atomic mass is 16.5. The third-order valence-corrected chi connectivity index (χ3v) is 4.01. The van der Waals surface area contributed by atoms with Crippen molar-refractivity contribution >= 4 is 11.6 Å². The smallest absolute Gasteiger partial charge is 0.227 e. The van der Waals surface area contributed by atoms with E-state index in [1.807, 2.05) is 49.4 Å². The highest BCUT2D eigenvalue weighted by molar-refractivity contribution is 5.67. The molecular weight excluding hydrogens is 314 g/mol. The number of hydrogen-bond donors (Lipinski definition) is 1. The van der Waals surface area contributed by atoms with Crippen LogP contribution in [-0.4, -0.2) is 24.2 Å². The zero-order valence-corrected chi connectivity index (χ0v) is 14.8. The van der Waals surface area contributed by atoms with Gasteiger partial charge in [-0.3, -0.25) is 0 Å². The molecule has 0 bridgehead atoms. The molecule has 128 valence electrons. The van der Waals surface area contributed by atoms with Gasteiger partial charge in [-0.25, -0.2) is 9.97 Å². The number of anilines is 2. The van der Waals surface area contributed by atoms with E-state index in [4.69, 9.17) is 9.47 Å². The molecule has 0 atom stereocenters. The molecule has 5 heteroatoms. The Bertz CT molecular complexity index is 851. The van der Waals surface area contributed by atoms with Gasteiger partial charge in [-0.15, -0.1) is 0 Å². The van der Waals surface area contributed by atoms with Crippen LogP contribution in [0.25, 0.3) is 11.3 Å². The fourth-order valence-electron chi connectivity index (χ4n) is 2.58. The van der Waals surface area contributed by atoms with E-state index in [2.05, 4.69) is 22.2 Å². The fraction of sp³-hybridized carbons (Fsp3) is 0.200. The monoisotopic (exact) mass is 335 g/mol. The van der Waals surface area contributed by atoms with Gasteiger partial charge in [-0.05, 0) is 44.2 Å². The summed E-state index contributed by atoms with van der Waals surface area (Å²) in [6, 6.07) is 13.9. The van der Waals surface area contributed by atoms with Gasteiger partial charge in [0, 0.05) is 23.0 Å². The lowest BCUT2D eigenvalue weighted by molar-refractivity contribution is 0.389. The zero-order valence-electron chi connectivity index (χ0n) is 14.8. The number of hydrogen-bond acceptors (Lipinski definition) is 5. The molecule has 3 aromatic rings. The number of aryl methyl sites for hydroxylation is 1. The summed E-state index contributed by atoms with van der Waals surface area (Å²) >= 11 is 0. The summed E-state index contributed by atoms with van der Waals surface area (Å²) in [4.78, 5) is 8.91. The first-order valence-corrected chi connectivity index (χ1v) is 8.00. The summed E-state index contributed by atoms with van der Waals surface area (Å²) in [6.45, 7) is 4.02. The number of rotatable bonds is 5. The van der Waals surface area contributed by atoms with E-state index >= 15 is 0 Å². The van der Waals surface area contributed by atoms with Crippen LogP contribution in [0.15, 0.2) is 48.7 Å². The quantitative estimate of drug-likeness (QED) is 0.743. The average molecular weight is 335 g/mol. The van der Waals surface area contributed by atoms with Crippen LogP contribution < -0.4 is 14.8 Å². The number of nitrogens with zero attached hydrogens (tertiary/aromatic N) is 2. The van der Waals surface area contributed by atoms with Gasteiger partial charge in [0.15, 0.2) is 0 Å². The normalized spacial score (nSPS) is 10.4. The van der Waals surface area contributed by atoms with Gasteiger partial charge in [0.2, 0.25) is 5.95 Å². The van der Waals surface area contributed by atoms with Crippen molar-refractivity contribution in [1.82, 2.24) is 9.97 Å². The second-order valence-corrected chi connectivity index (χ2v) is 5.76. The molecule has 1 aromatic heterocycles. The summed E-state index contributed by atoms with van der Waals surface area (Å²) in [5.41, 5.74) is 4.82. The van der Waals surface area contributed by atoms with Gasteiger partial charge in [0.05, 0.1) is 19.9 Å². The number of aromatic nitrogens is 2. The molecule has 0 saturated carbocycles. The molecule has 0 saturated heterocycles. The van der Waals surface area contributed by atoms with Crippen molar-refractivity contribution < 1.29 is 9.47 Å². The van der Waals surface area contributed by atoms with Crippen LogP contribution in [0.3, 0.4) is 0 Å². The molecule has 0 radical (unpaired) electrons. The maximum atomic E-state index is 5.45. The minimum atomic E-state index is 0.542. The highest BCUT2D eigenvalue weighted by Crippen LogP contribution is 2.33. The van der Waals surface area contributed by atoms with E-state index in [1.165, 1.54) is 5.56 Å². The summed E-state index contributed by atoms with van der Waals surface area (Å²) in [6.07, 6.45) is 1.73. The van der Waals surface area contributed by atoms with E-state index in [1.54, 1.807) is 20.4 Å². The second kappa shape index (κ2) is 7.21. The lowest BCUT2D eigenvalue weighted by Gasteiger charge is -2.13. The van der Waals surface area contributed by atoms with Crippen LogP contribution in [0.2, 0.25) is 0 Å². The molecular formula is C20H21N3O2. The van der Waals surface area contributed by atoms with Crippen molar-refractivity contribution in [1.29, 1.82) is 0 Å². The first-order valence-electron chi connectivity index (χ1n) is 8.00. The molecule has 0 spiro atoms. The van der Waals surface area contributed by atoms with Gasteiger partial charge in [-0.1, -0.05) is 17.7 Å². The Morgan fingerprint density at radius 1 is 0.880 bits per heavy atom. The van der Waals surface area contributed by atoms with E-state index < -0.39 is 0 Å². The minimum absolute atomic E-state index is 0.542. The summed E-state index contributed by atoms with van der Waals surface area (Å²) in [5, 5.41) is 3.23. The molecule has 25 heavy (non-hydrogen) atoms. The molecule has 0 amide bonds. The Morgan fingerprint density at radius 2 is 1.52 bits per heavy atom. The Kier molecular flexibility index (Phi) is 4.84. The Morgan fingerprint density at radius 3 is 2.12 bits per heavy atom. The van der Waals surface area contributed by atoms with Crippen molar-refractivity contribution in [3.63, 3.8) is 0 Å². The van der Waals surface area contributed by atoms with Crippen LogP contribution in [0.4, 0.5) is 11.6 Å². The molecule has 0 unspecified atom stereocenters. The maximum Gasteiger partial charge on any atom is 0.227 e. The largest absolute Gasteiger partial charge is 0.496 e. The predicted molar refractivity (Wildman–Crippen MR) is 99.8 cm³/mol. The molecule has 1 N–H and O–H groups in total. The second-order valence-electron chi connectivity index (χ2n) is 5.76. The number of methoxy groups -OCH3 is 2. The van der Waals surface area contributed by atoms with E-state index in [9.17, 15) is 0 Å². The van der Waals surface area contributed by atoms with Crippen molar-refractivity contribution in [2.75, 3.05) is 19.5 Å². The fourth-order valence-corrected chi connectivity index (χ4v) is 2.58. The molecule has 0 aliphatic rings. The third-order valence-electron chi connectivity index (χ3n) is 4.01. The van der Waals surface area contributed by atoms with Crippen molar-refractivity contribution in [3.05, 3.63) is 59.8 Å². The van der Waals surface area contributed by atoms with Crippen LogP contribution in [0.1, 0.15) is 11.1 Å². The molecule has 2 aromatic carbocycles. The highest BCUT2D eigenvalue weighted by Gasteiger charge is 2.11.